The zero-order valence-electron chi connectivity index (χ0n) is 17.3. The molecular formula is C17H33N2O10P. The molecule has 0 unspecified atom stereocenters. The Morgan fingerprint density at radius 2 is 1.27 bits per heavy atom. The van der Waals surface area contributed by atoms with Gasteiger partial charge in [0.05, 0.1) is 45.8 Å². The fraction of sp³-hybridized carbons (Fsp3) is 0.824. The summed E-state index contributed by atoms with van der Waals surface area (Å²) in [5, 5.41) is 5.09. The summed E-state index contributed by atoms with van der Waals surface area (Å²) < 4.78 is 31.3. The van der Waals surface area contributed by atoms with Crippen LogP contribution < -0.4 is 10.6 Å². The lowest BCUT2D eigenvalue weighted by atomic mass is 10.3. The van der Waals surface area contributed by atoms with Crippen LogP contribution in [0.2, 0.25) is 0 Å². The molecule has 12 nitrogen and oxygen atoms in total. The van der Waals surface area contributed by atoms with Crippen molar-refractivity contribution in [2.75, 3.05) is 72.1 Å². The third-order valence-corrected chi connectivity index (χ3v) is 4.21. The molecule has 0 radical (unpaired) electrons. The smallest absolute Gasteiger partial charge is 0.326 e. The average Bonchev–Trinajstić information content (AvgIpc) is 2.69. The quantitative estimate of drug-likeness (QED) is 0.129. The van der Waals surface area contributed by atoms with Crippen molar-refractivity contribution >= 4 is 25.2 Å². The highest BCUT2D eigenvalue weighted by atomic mass is 31.2. The normalized spacial score (nSPS) is 11.3. The molecule has 4 N–H and O–H groups in total. The van der Waals surface area contributed by atoms with E-state index in [1.807, 2.05) is 0 Å². The summed E-state index contributed by atoms with van der Waals surface area (Å²) in [6, 6.07) is 0. The number of hydrogen-bond donors (Lipinski definition) is 4. The van der Waals surface area contributed by atoms with Gasteiger partial charge in [0.1, 0.15) is 13.2 Å². The Kier molecular flexibility index (Phi) is 17.5. The van der Waals surface area contributed by atoms with Crippen molar-refractivity contribution < 1.29 is 47.7 Å². The van der Waals surface area contributed by atoms with E-state index in [9.17, 15) is 18.9 Å². The molecule has 0 aromatic carbocycles. The second-order valence-corrected chi connectivity index (χ2v) is 7.84. The van der Waals surface area contributed by atoms with Crippen molar-refractivity contribution in [1.82, 2.24) is 10.6 Å². The summed E-state index contributed by atoms with van der Waals surface area (Å²) >= 11 is 0. The maximum atomic E-state index is 11.5. The first kappa shape index (κ1) is 28.6. The third-order valence-electron chi connectivity index (χ3n) is 3.40. The van der Waals surface area contributed by atoms with Gasteiger partial charge < -0.3 is 39.4 Å². The van der Waals surface area contributed by atoms with E-state index in [4.69, 9.17) is 28.7 Å². The van der Waals surface area contributed by atoms with Gasteiger partial charge in [-0.25, -0.2) is 0 Å². The molecule has 0 heterocycles. The molecule has 0 aliphatic carbocycles. The SMILES string of the molecule is CCC(=O)COCCOCCNC(=O)COCCOCCNC(=O)CCP(=O)(O)O. The fourth-order valence-corrected chi connectivity index (χ4v) is 2.30. The van der Waals surface area contributed by atoms with Crippen molar-refractivity contribution in [2.24, 2.45) is 0 Å². The van der Waals surface area contributed by atoms with Gasteiger partial charge in [-0.05, 0) is 0 Å². The highest BCUT2D eigenvalue weighted by Crippen LogP contribution is 2.34. The number of carbonyl (C=O) groups excluding carboxylic acids is 3. The summed E-state index contributed by atoms with van der Waals surface area (Å²) in [5.41, 5.74) is 0. The van der Waals surface area contributed by atoms with E-state index in [1.54, 1.807) is 6.92 Å². The van der Waals surface area contributed by atoms with Crippen LogP contribution in [0.5, 0.6) is 0 Å². The van der Waals surface area contributed by atoms with Gasteiger partial charge in [-0.15, -0.1) is 0 Å². The molecule has 2 amide bonds. The van der Waals surface area contributed by atoms with Crippen LogP contribution in [0.3, 0.4) is 0 Å². The Labute approximate surface area is 176 Å². The van der Waals surface area contributed by atoms with E-state index < -0.39 is 19.7 Å². The van der Waals surface area contributed by atoms with Crippen molar-refractivity contribution in [2.45, 2.75) is 19.8 Å². The Balaban J connectivity index is 3.35. The predicted molar refractivity (Wildman–Crippen MR) is 106 cm³/mol. The minimum Gasteiger partial charge on any atom is -0.377 e. The van der Waals surface area contributed by atoms with Crippen molar-refractivity contribution in [1.29, 1.82) is 0 Å². The van der Waals surface area contributed by atoms with Crippen molar-refractivity contribution in [3.8, 4) is 0 Å². The van der Waals surface area contributed by atoms with Crippen molar-refractivity contribution in [3.05, 3.63) is 0 Å². The van der Waals surface area contributed by atoms with Crippen LogP contribution in [0, 0.1) is 0 Å². The first-order valence-electron chi connectivity index (χ1n) is 9.65. The van der Waals surface area contributed by atoms with Crippen LogP contribution in [-0.2, 0) is 37.9 Å². The average molecular weight is 456 g/mol. The van der Waals surface area contributed by atoms with Gasteiger partial charge in [0.2, 0.25) is 11.8 Å². The van der Waals surface area contributed by atoms with Gasteiger partial charge in [0.25, 0.3) is 0 Å². The van der Waals surface area contributed by atoms with E-state index >= 15 is 0 Å². The van der Waals surface area contributed by atoms with E-state index in [0.717, 1.165) is 0 Å². The van der Waals surface area contributed by atoms with E-state index in [1.165, 1.54) is 0 Å². The summed E-state index contributed by atoms with van der Waals surface area (Å²) in [4.78, 5) is 51.2. The number of nitrogens with one attached hydrogen (secondary N) is 2. The molecule has 0 saturated carbocycles. The summed E-state index contributed by atoms with van der Waals surface area (Å²) in [7, 11) is -4.17. The lowest BCUT2D eigenvalue weighted by molar-refractivity contribution is -0.127. The minimum absolute atomic E-state index is 0.0375. The van der Waals surface area contributed by atoms with Crippen LogP contribution in [0.15, 0.2) is 0 Å². The first-order valence-corrected chi connectivity index (χ1v) is 11.4. The molecule has 0 aliphatic rings. The van der Waals surface area contributed by atoms with Gasteiger partial charge in [-0.2, -0.15) is 0 Å². The maximum absolute atomic E-state index is 11.5. The summed E-state index contributed by atoms with van der Waals surface area (Å²) in [5.74, 6) is -0.714. The second kappa shape index (κ2) is 18.4. The topological polar surface area (TPSA) is 170 Å². The second-order valence-electron chi connectivity index (χ2n) is 6.06. The van der Waals surface area contributed by atoms with E-state index in [2.05, 4.69) is 10.6 Å². The number of rotatable bonds is 20. The van der Waals surface area contributed by atoms with Gasteiger partial charge >= 0.3 is 7.60 Å². The Hall–Kier alpha value is -1.40. The summed E-state index contributed by atoms with van der Waals surface area (Å²) in [6.07, 6.45) is -0.290. The van der Waals surface area contributed by atoms with Crippen molar-refractivity contribution in [3.63, 3.8) is 0 Å². The highest BCUT2D eigenvalue weighted by Gasteiger charge is 2.14. The van der Waals surface area contributed by atoms with Crippen LogP contribution in [0.4, 0.5) is 0 Å². The molecule has 0 rings (SSSR count). The van der Waals surface area contributed by atoms with Gasteiger partial charge in [0.15, 0.2) is 5.78 Å². The molecule has 0 bridgehead atoms. The number of hydrogen-bond acceptors (Lipinski definition) is 8. The molecule has 0 aliphatic heterocycles. The maximum Gasteiger partial charge on any atom is 0.326 e. The van der Waals surface area contributed by atoms with Crippen LogP contribution in [0.1, 0.15) is 19.8 Å². The number of ketones is 1. The lowest BCUT2D eigenvalue weighted by Crippen LogP contribution is -2.31. The van der Waals surface area contributed by atoms with Gasteiger partial charge in [-0.3, -0.25) is 18.9 Å². The molecule has 0 atom stereocenters. The lowest BCUT2D eigenvalue weighted by Gasteiger charge is -2.09. The van der Waals surface area contributed by atoms with E-state index in [0.29, 0.717) is 32.8 Å². The Morgan fingerprint density at radius 1 is 0.767 bits per heavy atom. The monoisotopic (exact) mass is 456 g/mol. The fourth-order valence-electron chi connectivity index (χ4n) is 1.80. The largest absolute Gasteiger partial charge is 0.377 e. The molecule has 0 aromatic heterocycles. The van der Waals surface area contributed by atoms with Crippen LogP contribution >= 0.6 is 7.60 Å². The van der Waals surface area contributed by atoms with Crippen LogP contribution in [0.25, 0.3) is 0 Å². The zero-order valence-corrected chi connectivity index (χ0v) is 18.2. The summed E-state index contributed by atoms with van der Waals surface area (Å²) in [6.45, 7) is 3.90. The molecule has 0 aromatic rings. The molecule has 0 spiro atoms. The molecule has 13 heteroatoms. The van der Waals surface area contributed by atoms with Gasteiger partial charge in [0, 0.05) is 25.9 Å². The Morgan fingerprint density at radius 3 is 1.80 bits per heavy atom. The molecule has 0 saturated heterocycles. The van der Waals surface area contributed by atoms with Crippen LogP contribution in [-0.4, -0.2) is 99.5 Å². The predicted octanol–water partition coefficient (Wildman–Crippen LogP) is -1.17. The Bertz CT molecular complexity index is 541. The van der Waals surface area contributed by atoms with E-state index in [-0.39, 0.29) is 57.7 Å². The highest BCUT2D eigenvalue weighted by molar-refractivity contribution is 7.51. The number of amides is 2. The molecular weight excluding hydrogens is 423 g/mol. The number of Topliss-reactive ketones (excluding diaryl/α,β-unsaturated/α-hetero) is 1. The third kappa shape index (κ3) is 21.3. The number of carbonyl (C=O) groups is 3. The standard InChI is InChI=1S/C17H33N2O10P/c1-2-15(20)13-28-10-8-27-7-5-19-17(22)14-29-11-9-26-6-4-18-16(21)3-12-30(23,24)25/h2-14H2,1H3,(H,18,21)(H,19,22)(H2,23,24,25). The molecule has 30 heavy (non-hydrogen) atoms. The molecule has 0 fully saturated rings. The first-order chi connectivity index (χ1) is 14.2. The molecule has 176 valence electrons. The van der Waals surface area contributed by atoms with Gasteiger partial charge in [-0.1, -0.05) is 6.92 Å². The minimum atomic E-state index is -4.17. The number of ether oxygens (including phenoxy) is 4. The zero-order chi connectivity index (χ0) is 22.7.